The highest BCUT2D eigenvalue weighted by molar-refractivity contribution is 6.07. The molecule has 0 aliphatic heterocycles. The van der Waals surface area contributed by atoms with Crippen molar-refractivity contribution in [3.63, 3.8) is 0 Å². The maximum atomic E-state index is 3.93. The average Bonchev–Trinajstić information content (AvgIpc) is 3.78. The highest BCUT2D eigenvalue weighted by Crippen LogP contribution is 2.54. The van der Waals surface area contributed by atoms with E-state index < -0.39 is 0 Å². The summed E-state index contributed by atoms with van der Waals surface area (Å²) in [4.78, 5) is 0. The van der Waals surface area contributed by atoms with Crippen LogP contribution >= 0.6 is 0 Å². The van der Waals surface area contributed by atoms with Gasteiger partial charge in [-0.05, 0) is 110 Å². The highest BCUT2D eigenvalue weighted by atomic mass is 14.9. The molecule has 0 aromatic heterocycles. The molecule has 2 bridgehead atoms. The van der Waals surface area contributed by atoms with E-state index in [0.717, 1.165) is 11.8 Å². The zero-order valence-corrected chi connectivity index (χ0v) is 26.2. The van der Waals surface area contributed by atoms with Gasteiger partial charge in [-0.15, -0.1) is 0 Å². The molecule has 45 heavy (non-hydrogen) atoms. The van der Waals surface area contributed by atoms with Gasteiger partial charge < -0.3 is 5.32 Å². The van der Waals surface area contributed by atoms with Crippen LogP contribution in [0.25, 0.3) is 44.2 Å². The molecule has 0 spiro atoms. The van der Waals surface area contributed by atoms with E-state index in [2.05, 4.69) is 147 Å². The van der Waals surface area contributed by atoms with Gasteiger partial charge in [0.25, 0.3) is 0 Å². The summed E-state index contributed by atoms with van der Waals surface area (Å²) in [6.07, 6.45) is 5.60. The van der Waals surface area contributed by atoms with Crippen LogP contribution < -0.4 is 5.32 Å². The first-order valence-electron chi connectivity index (χ1n) is 16.8. The summed E-state index contributed by atoms with van der Waals surface area (Å²) < 4.78 is 0. The van der Waals surface area contributed by atoms with Crippen LogP contribution in [0.5, 0.6) is 0 Å². The Hall–Kier alpha value is -4.62. The van der Waals surface area contributed by atoms with Crippen LogP contribution in [0.1, 0.15) is 62.1 Å². The van der Waals surface area contributed by atoms with Crippen molar-refractivity contribution in [2.24, 2.45) is 11.8 Å². The van der Waals surface area contributed by atoms with Gasteiger partial charge in [-0.25, -0.2) is 0 Å². The molecule has 220 valence electrons. The molecule has 3 atom stereocenters. The first kappa shape index (κ1) is 26.8. The molecule has 2 fully saturated rings. The van der Waals surface area contributed by atoms with Crippen LogP contribution in [-0.2, 0) is 5.41 Å². The van der Waals surface area contributed by atoms with Gasteiger partial charge in [0, 0.05) is 22.4 Å². The fourth-order valence-electron chi connectivity index (χ4n) is 9.21. The molecule has 9 rings (SSSR count). The Bertz CT molecular complexity index is 2100. The summed E-state index contributed by atoms with van der Waals surface area (Å²) in [5.41, 5.74) is 14.6. The van der Waals surface area contributed by atoms with Crippen LogP contribution in [0.15, 0.2) is 127 Å². The largest absolute Gasteiger partial charge is 0.355 e. The van der Waals surface area contributed by atoms with Crippen LogP contribution in [-0.4, -0.2) is 0 Å². The van der Waals surface area contributed by atoms with Crippen LogP contribution in [0.4, 0.5) is 11.4 Å². The van der Waals surface area contributed by atoms with Crippen molar-refractivity contribution in [2.75, 3.05) is 5.32 Å². The summed E-state index contributed by atoms with van der Waals surface area (Å²) >= 11 is 0. The van der Waals surface area contributed by atoms with Crippen molar-refractivity contribution < 1.29 is 0 Å². The first-order valence-corrected chi connectivity index (χ1v) is 16.8. The van der Waals surface area contributed by atoms with E-state index in [1.807, 2.05) is 0 Å². The number of benzene rings is 6. The molecule has 0 amide bonds. The fourth-order valence-corrected chi connectivity index (χ4v) is 9.21. The quantitative estimate of drug-likeness (QED) is 0.213. The number of fused-ring (bicyclic) bond motifs is 6. The topological polar surface area (TPSA) is 12.0 Å². The molecule has 6 aromatic rings. The molecule has 0 saturated heterocycles. The predicted octanol–water partition coefficient (Wildman–Crippen LogP) is 12.1. The molecule has 1 N–H and O–H groups in total. The van der Waals surface area contributed by atoms with Gasteiger partial charge in [0.1, 0.15) is 0 Å². The maximum Gasteiger partial charge on any atom is 0.0464 e. The lowest BCUT2D eigenvalue weighted by molar-refractivity contribution is 0.421. The minimum atomic E-state index is 0.0169. The predicted molar refractivity (Wildman–Crippen MR) is 190 cm³/mol. The van der Waals surface area contributed by atoms with Gasteiger partial charge in [-0.2, -0.15) is 0 Å². The SMILES string of the molecule is CC1(C)c2ccccc2-c2cc(-c3ccc(-c4ccccc4Nc4ccccc4C4CC5CCC4C5)c4ccccc34)ccc21. The third-order valence-corrected chi connectivity index (χ3v) is 11.4. The third kappa shape index (κ3) is 4.21. The van der Waals surface area contributed by atoms with Crippen LogP contribution in [0, 0.1) is 11.8 Å². The molecule has 2 saturated carbocycles. The molecule has 0 radical (unpaired) electrons. The maximum absolute atomic E-state index is 3.93. The minimum Gasteiger partial charge on any atom is -0.355 e. The van der Waals surface area contributed by atoms with Gasteiger partial charge in [-0.3, -0.25) is 0 Å². The Labute approximate surface area is 267 Å². The molecule has 3 aliphatic carbocycles. The van der Waals surface area contributed by atoms with E-state index in [-0.39, 0.29) is 5.41 Å². The summed E-state index contributed by atoms with van der Waals surface area (Å²) in [5.74, 6) is 2.46. The van der Waals surface area contributed by atoms with Crippen molar-refractivity contribution in [3.05, 3.63) is 144 Å². The molecular formula is C44H39N. The van der Waals surface area contributed by atoms with E-state index >= 15 is 0 Å². The second kappa shape index (κ2) is 10.2. The van der Waals surface area contributed by atoms with Crippen molar-refractivity contribution in [2.45, 2.75) is 50.9 Å². The first-order chi connectivity index (χ1) is 22.1. The number of hydrogen-bond acceptors (Lipinski definition) is 1. The fraction of sp³-hybridized carbons (Fsp3) is 0.227. The molecule has 1 nitrogen and oxygen atoms in total. The molecular weight excluding hydrogens is 542 g/mol. The van der Waals surface area contributed by atoms with Gasteiger partial charge in [0.2, 0.25) is 0 Å². The van der Waals surface area contributed by atoms with Crippen molar-refractivity contribution in [1.29, 1.82) is 0 Å². The average molecular weight is 582 g/mol. The molecule has 3 aliphatic rings. The number of para-hydroxylation sites is 2. The summed E-state index contributed by atoms with van der Waals surface area (Å²) in [5, 5.41) is 6.51. The van der Waals surface area contributed by atoms with Crippen molar-refractivity contribution in [1.82, 2.24) is 0 Å². The number of nitrogens with one attached hydrogen (secondary N) is 1. The van der Waals surface area contributed by atoms with E-state index in [1.54, 1.807) is 0 Å². The smallest absolute Gasteiger partial charge is 0.0464 e. The lowest BCUT2D eigenvalue weighted by Crippen LogP contribution is -2.14. The lowest BCUT2D eigenvalue weighted by atomic mass is 9.82. The van der Waals surface area contributed by atoms with Gasteiger partial charge in [0.15, 0.2) is 0 Å². The van der Waals surface area contributed by atoms with Crippen LogP contribution in [0.3, 0.4) is 0 Å². The number of hydrogen-bond donors (Lipinski definition) is 1. The van der Waals surface area contributed by atoms with Gasteiger partial charge >= 0.3 is 0 Å². The molecule has 0 heterocycles. The van der Waals surface area contributed by atoms with Crippen molar-refractivity contribution >= 4 is 22.1 Å². The monoisotopic (exact) mass is 581 g/mol. The molecule has 1 heteroatoms. The Kier molecular flexibility index (Phi) is 6.07. The van der Waals surface area contributed by atoms with E-state index in [1.165, 1.54) is 97.9 Å². The zero-order valence-electron chi connectivity index (χ0n) is 26.2. The third-order valence-electron chi connectivity index (χ3n) is 11.4. The highest BCUT2D eigenvalue weighted by Gasteiger charge is 2.41. The Morgan fingerprint density at radius 2 is 1.20 bits per heavy atom. The summed E-state index contributed by atoms with van der Waals surface area (Å²) in [6.45, 7) is 4.70. The zero-order chi connectivity index (χ0) is 30.1. The normalized spacial score (nSPS) is 20.7. The Morgan fingerprint density at radius 1 is 0.533 bits per heavy atom. The number of anilines is 2. The van der Waals surface area contributed by atoms with E-state index in [4.69, 9.17) is 0 Å². The van der Waals surface area contributed by atoms with Gasteiger partial charge in [0.05, 0.1) is 0 Å². The lowest BCUT2D eigenvalue weighted by Gasteiger charge is -2.25. The Balaban J connectivity index is 1.13. The molecule has 6 aromatic carbocycles. The van der Waals surface area contributed by atoms with Gasteiger partial charge in [-0.1, -0.05) is 129 Å². The summed E-state index contributed by atoms with van der Waals surface area (Å²) in [6, 6.07) is 47.6. The second-order valence-corrected chi connectivity index (χ2v) is 14.2. The Morgan fingerprint density at radius 3 is 2.00 bits per heavy atom. The minimum absolute atomic E-state index is 0.0169. The molecule has 3 unspecified atom stereocenters. The van der Waals surface area contributed by atoms with Crippen molar-refractivity contribution in [3.8, 4) is 33.4 Å². The number of rotatable bonds is 5. The van der Waals surface area contributed by atoms with Crippen LogP contribution in [0.2, 0.25) is 0 Å². The summed E-state index contributed by atoms with van der Waals surface area (Å²) in [7, 11) is 0. The van der Waals surface area contributed by atoms with E-state index in [9.17, 15) is 0 Å². The standard InChI is InChI=1S/C44H39N/c1-44(2)40-16-8-5-13-35(40)39-27-30(21-24-41(39)44)31-22-23-34(33-12-4-3-11-32(31)33)36-14-6-9-17-42(36)45-43-18-10-7-15-37(43)38-26-28-19-20-29(38)25-28/h3-18,21-24,27-29,38,45H,19-20,25-26H2,1-2H3. The second-order valence-electron chi connectivity index (χ2n) is 14.2. The van der Waals surface area contributed by atoms with E-state index in [0.29, 0.717) is 5.92 Å².